The van der Waals surface area contributed by atoms with Crippen LogP contribution in [0.3, 0.4) is 0 Å². The van der Waals surface area contributed by atoms with Gasteiger partial charge in [0.25, 0.3) is 0 Å². The first-order valence-electron chi connectivity index (χ1n) is 2.95. The number of halogens is 1. The van der Waals surface area contributed by atoms with Crippen molar-refractivity contribution >= 4 is 11.9 Å². The van der Waals surface area contributed by atoms with Gasteiger partial charge in [-0.15, -0.1) is 0 Å². The topological polar surface area (TPSA) is 52.6 Å². The Bertz CT molecular complexity index is 140. The fourth-order valence-electron chi connectivity index (χ4n) is 0.363. The predicted octanol–water partition coefficient (Wildman–Crippen LogP) is -5.88. The SMILES string of the molecule is CCOC(=O)COC(C)=O.[Cl-].[Na+]. The second kappa shape index (κ2) is 11.2. The van der Waals surface area contributed by atoms with Crippen molar-refractivity contribution < 1.29 is 61.0 Å². The summed E-state index contributed by atoms with van der Waals surface area (Å²) in [4.78, 5) is 20.6. The van der Waals surface area contributed by atoms with Gasteiger partial charge in [0.15, 0.2) is 6.61 Å². The van der Waals surface area contributed by atoms with Crippen LogP contribution in [0.15, 0.2) is 0 Å². The van der Waals surface area contributed by atoms with Gasteiger partial charge in [-0.3, -0.25) is 4.79 Å². The average molecular weight is 205 g/mol. The molecule has 0 spiro atoms. The Hall–Kier alpha value is 0.230. The largest absolute Gasteiger partial charge is 1.00 e. The summed E-state index contributed by atoms with van der Waals surface area (Å²) in [6, 6.07) is 0. The molecular formula is C6H10ClNaO4. The Morgan fingerprint density at radius 3 is 2.08 bits per heavy atom. The van der Waals surface area contributed by atoms with Crippen LogP contribution in [0.1, 0.15) is 13.8 Å². The molecule has 0 aliphatic rings. The van der Waals surface area contributed by atoms with Crippen LogP contribution in [0.2, 0.25) is 0 Å². The maximum absolute atomic E-state index is 10.4. The van der Waals surface area contributed by atoms with E-state index in [1.165, 1.54) is 6.92 Å². The molecular weight excluding hydrogens is 195 g/mol. The van der Waals surface area contributed by atoms with Gasteiger partial charge in [0, 0.05) is 6.92 Å². The number of esters is 2. The van der Waals surface area contributed by atoms with Crippen molar-refractivity contribution in [2.24, 2.45) is 0 Å². The summed E-state index contributed by atoms with van der Waals surface area (Å²) in [5.41, 5.74) is 0. The molecule has 0 aliphatic carbocycles. The molecule has 0 radical (unpaired) electrons. The molecule has 0 unspecified atom stereocenters. The van der Waals surface area contributed by atoms with Crippen molar-refractivity contribution in [2.75, 3.05) is 13.2 Å². The zero-order valence-electron chi connectivity index (χ0n) is 7.43. The predicted molar refractivity (Wildman–Crippen MR) is 33.3 cm³/mol. The Labute approximate surface area is 99.7 Å². The zero-order chi connectivity index (χ0) is 7.98. The van der Waals surface area contributed by atoms with Crippen LogP contribution >= 0.6 is 0 Å². The fraction of sp³-hybridized carbons (Fsp3) is 0.667. The van der Waals surface area contributed by atoms with Gasteiger partial charge in [-0.25, -0.2) is 4.79 Å². The molecule has 0 aliphatic heterocycles. The molecule has 0 bridgehead atoms. The maximum atomic E-state index is 10.4. The van der Waals surface area contributed by atoms with Crippen LogP contribution < -0.4 is 42.0 Å². The van der Waals surface area contributed by atoms with Crippen LogP contribution in [-0.2, 0) is 19.1 Å². The van der Waals surface area contributed by atoms with Crippen LogP contribution in [0.4, 0.5) is 0 Å². The van der Waals surface area contributed by atoms with E-state index in [0.29, 0.717) is 6.61 Å². The molecule has 0 aromatic heterocycles. The van der Waals surface area contributed by atoms with Gasteiger partial charge in [-0.05, 0) is 6.92 Å². The van der Waals surface area contributed by atoms with E-state index in [1.807, 2.05) is 0 Å². The molecule has 0 N–H and O–H groups in total. The Kier molecular flexibility index (Phi) is 16.9. The zero-order valence-corrected chi connectivity index (χ0v) is 10.2. The van der Waals surface area contributed by atoms with Gasteiger partial charge >= 0.3 is 41.5 Å². The standard InChI is InChI=1S/C6H10O4.ClH.Na/c1-3-9-6(8)4-10-5(2)7;;/h3-4H2,1-2H3;1H;/q;;+1/p-1. The van der Waals surface area contributed by atoms with Gasteiger partial charge in [0.05, 0.1) is 6.61 Å². The summed E-state index contributed by atoms with van der Waals surface area (Å²) in [5.74, 6) is -0.995. The quantitative estimate of drug-likeness (QED) is 0.340. The number of ether oxygens (including phenoxy) is 2. The van der Waals surface area contributed by atoms with Crippen molar-refractivity contribution in [2.45, 2.75) is 13.8 Å². The maximum Gasteiger partial charge on any atom is 1.00 e. The van der Waals surface area contributed by atoms with E-state index in [4.69, 9.17) is 0 Å². The summed E-state index contributed by atoms with van der Waals surface area (Å²) in [7, 11) is 0. The monoisotopic (exact) mass is 204 g/mol. The van der Waals surface area contributed by atoms with Gasteiger partial charge in [0.1, 0.15) is 0 Å². The van der Waals surface area contributed by atoms with Crippen LogP contribution in [0, 0.1) is 0 Å². The normalized spacial score (nSPS) is 7.17. The Morgan fingerprint density at radius 2 is 1.75 bits per heavy atom. The van der Waals surface area contributed by atoms with E-state index in [2.05, 4.69) is 9.47 Å². The molecule has 6 heteroatoms. The van der Waals surface area contributed by atoms with E-state index >= 15 is 0 Å². The third kappa shape index (κ3) is 12.9. The molecule has 0 aromatic carbocycles. The Morgan fingerprint density at radius 1 is 1.25 bits per heavy atom. The summed E-state index contributed by atoms with van der Waals surface area (Å²) in [5, 5.41) is 0. The number of rotatable bonds is 3. The van der Waals surface area contributed by atoms with Gasteiger partial charge in [-0.1, -0.05) is 0 Å². The summed E-state index contributed by atoms with van der Waals surface area (Å²) < 4.78 is 8.82. The van der Waals surface area contributed by atoms with Crippen molar-refractivity contribution in [1.82, 2.24) is 0 Å². The van der Waals surface area contributed by atoms with Gasteiger partial charge in [0.2, 0.25) is 0 Å². The molecule has 0 aromatic rings. The summed E-state index contributed by atoms with van der Waals surface area (Å²) in [6.07, 6.45) is 0. The first-order valence-corrected chi connectivity index (χ1v) is 2.95. The Balaban J connectivity index is -0.000000405. The first-order chi connectivity index (χ1) is 4.66. The smallest absolute Gasteiger partial charge is 1.00 e. The molecule has 0 saturated carbocycles. The summed E-state index contributed by atoms with van der Waals surface area (Å²) in [6.45, 7) is 2.94. The van der Waals surface area contributed by atoms with E-state index < -0.39 is 11.9 Å². The first kappa shape index (κ1) is 18.1. The van der Waals surface area contributed by atoms with Crippen LogP contribution in [-0.4, -0.2) is 25.2 Å². The minimum Gasteiger partial charge on any atom is -1.00 e. The average Bonchev–Trinajstić information content (AvgIpc) is 1.85. The molecule has 4 nitrogen and oxygen atoms in total. The van der Waals surface area contributed by atoms with Crippen molar-refractivity contribution in [1.29, 1.82) is 0 Å². The molecule has 12 heavy (non-hydrogen) atoms. The van der Waals surface area contributed by atoms with Gasteiger partial charge < -0.3 is 21.9 Å². The van der Waals surface area contributed by atoms with E-state index in [1.54, 1.807) is 6.92 Å². The summed E-state index contributed by atoms with van der Waals surface area (Å²) >= 11 is 0. The van der Waals surface area contributed by atoms with E-state index in [-0.39, 0.29) is 48.6 Å². The second-order valence-corrected chi connectivity index (χ2v) is 1.59. The molecule has 0 saturated heterocycles. The van der Waals surface area contributed by atoms with Crippen LogP contribution in [0.25, 0.3) is 0 Å². The van der Waals surface area contributed by atoms with Crippen molar-refractivity contribution in [3.05, 3.63) is 0 Å². The van der Waals surface area contributed by atoms with Crippen molar-refractivity contribution in [3.8, 4) is 0 Å². The number of carbonyl (C=O) groups excluding carboxylic acids is 2. The third-order valence-electron chi connectivity index (χ3n) is 0.699. The second-order valence-electron chi connectivity index (χ2n) is 1.59. The van der Waals surface area contributed by atoms with E-state index in [9.17, 15) is 9.59 Å². The van der Waals surface area contributed by atoms with E-state index in [0.717, 1.165) is 0 Å². The molecule has 0 fully saturated rings. The van der Waals surface area contributed by atoms with Crippen molar-refractivity contribution in [3.63, 3.8) is 0 Å². The molecule has 0 atom stereocenters. The number of carbonyl (C=O) groups is 2. The third-order valence-corrected chi connectivity index (χ3v) is 0.699. The molecule has 0 heterocycles. The fourth-order valence-corrected chi connectivity index (χ4v) is 0.363. The van der Waals surface area contributed by atoms with Crippen LogP contribution in [0.5, 0.6) is 0 Å². The molecule has 66 valence electrons. The minimum atomic E-state index is -0.516. The minimum absolute atomic E-state index is 0. The number of hydrogen-bond donors (Lipinski definition) is 0. The molecule has 0 amide bonds. The molecule has 0 rings (SSSR count). The number of hydrogen-bond acceptors (Lipinski definition) is 4. The van der Waals surface area contributed by atoms with Gasteiger partial charge in [-0.2, -0.15) is 0 Å².